The molecule has 0 aliphatic carbocycles. The highest BCUT2D eigenvalue weighted by Crippen LogP contribution is 2.29. The van der Waals surface area contributed by atoms with Gasteiger partial charge in [0.1, 0.15) is 17.8 Å². The number of rotatable bonds is 3. The zero-order valence-corrected chi connectivity index (χ0v) is 13.3. The molecule has 1 saturated heterocycles. The fourth-order valence-electron chi connectivity index (χ4n) is 2.50. The van der Waals surface area contributed by atoms with Crippen LogP contribution in [0.25, 0.3) is 0 Å². The molecule has 0 atom stereocenters. The number of aryl methyl sites for hydroxylation is 1. The molecule has 9 heteroatoms. The summed E-state index contributed by atoms with van der Waals surface area (Å²) in [5.74, 6) is 0.218. The summed E-state index contributed by atoms with van der Waals surface area (Å²) in [5, 5.41) is 4.08. The van der Waals surface area contributed by atoms with Gasteiger partial charge >= 0.3 is 6.18 Å². The quantitative estimate of drug-likeness (QED) is 0.926. The van der Waals surface area contributed by atoms with Crippen LogP contribution in [0, 0.1) is 6.92 Å². The fraction of sp³-hybridized carbons (Fsp3) is 0.500. The van der Waals surface area contributed by atoms with Gasteiger partial charge in [0.15, 0.2) is 5.13 Å². The van der Waals surface area contributed by atoms with Crippen molar-refractivity contribution in [3.8, 4) is 0 Å². The van der Waals surface area contributed by atoms with Gasteiger partial charge in [0.2, 0.25) is 0 Å². The Labute approximate surface area is 135 Å². The molecular formula is C14H16F3N5S. The Bertz CT molecular complexity index is 664. The van der Waals surface area contributed by atoms with E-state index < -0.39 is 11.9 Å². The Morgan fingerprint density at radius 1 is 1.22 bits per heavy atom. The number of anilines is 2. The van der Waals surface area contributed by atoms with Crippen LogP contribution in [-0.4, -0.2) is 34.1 Å². The minimum atomic E-state index is -4.45. The summed E-state index contributed by atoms with van der Waals surface area (Å²) < 4.78 is 38.0. The lowest BCUT2D eigenvalue weighted by Crippen LogP contribution is -2.39. The molecule has 0 unspecified atom stereocenters. The first-order valence-electron chi connectivity index (χ1n) is 7.25. The van der Waals surface area contributed by atoms with Crippen molar-refractivity contribution in [1.82, 2.24) is 15.0 Å². The molecular weight excluding hydrogens is 327 g/mol. The monoisotopic (exact) mass is 343 g/mol. The van der Waals surface area contributed by atoms with Crippen LogP contribution in [-0.2, 0) is 6.18 Å². The molecule has 1 aliphatic heterocycles. The number of hydrogen-bond acceptors (Lipinski definition) is 6. The lowest BCUT2D eigenvalue weighted by molar-refractivity contribution is -0.141. The molecule has 1 N–H and O–H groups in total. The van der Waals surface area contributed by atoms with Crippen molar-refractivity contribution in [3.63, 3.8) is 0 Å². The third-order valence-electron chi connectivity index (χ3n) is 3.68. The maximum Gasteiger partial charge on any atom is 0.433 e. The molecule has 5 nitrogen and oxygen atoms in total. The van der Waals surface area contributed by atoms with E-state index in [4.69, 9.17) is 0 Å². The molecule has 23 heavy (non-hydrogen) atoms. The summed E-state index contributed by atoms with van der Waals surface area (Å²) in [5.41, 5.74) is -0.925. The van der Waals surface area contributed by atoms with Crippen molar-refractivity contribution in [2.45, 2.75) is 32.0 Å². The Morgan fingerprint density at radius 2 is 1.96 bits per heavy atom. The van der Waals surface area contributed by atoms with Crippen LogP contribution >= 0.6 is 11.3 Å². The molecule has 2 aromatic rings. The highest BCUT2D eigenvalue weighted by molar-refractivity contribution is 7.15. The lowest BCUT2D eigenvalue weighted by atomic mass is 10.1. The SMILES string of the molecule is Cc1cnc(N2CCC(Nc3cc(C(F)(F)F)ncn3)CC2)s1. The molecule has 1 fully saturated rings. The zero-order valence-electron chi connectivity index (χ0n) is 12.5. The average molecular weight is 343 g/mol. The van der Waals surface area contributed by atoms with E-state index in [9.17, 15) is 13.2 Å². The summed E-state index contributed by atoms with van der Waals surface area (Å²) in [6.45, 7) is 3.66. The number of nitrogens with one attached hydrogen (secondary N) is 1. The smallest absolute Gasteiger partial charge is 0.367 e. The molecule has 2 aromatic heterocycles. The van der Waals surface area contributed by atoms with Crippen molar-refractivity contribution in [2.75, 3.05) is 23.3 Å². The van der Waals surface area contributed by atoms with Crippen LogP contribution < -0.4 is 10.2 Å². The molecule has 0 bridgehead atoms. The van der Waals surface area contributed by atoms with Gasteiger partial charge in [-0.05, 0) is 19.8 Å². The third kappa shape index (κ3) is 3.90. The Kier molecular flexibility index (Phi) is 4.38. The van der Waals surface area contributed by atoms with Gasteiger partial charge in [-0.25, -0.2) is 15.0 Å². The summed E-state index contributed by atoms with van der Waals surface area (Å²) >= 11 is 1.65. The highest BCUT2D eigenvalue weighted by atomic mass is 32.1. The molecule has 0 saturated carbocycles. The molecule has 3 heterocycles. The van der Waals surface area contributed by atoms with Crippen molar-refractivity contribution < 1.29 is 13.2 Å². The number of halogens is 3. The first-order valence-corrected chi connectivity index (χ1v) is 8.06. The first kappa shape index (κ1) is 16.0. The van der Waals surface area contributed by atoms with E-state index in [0.717, 1.165) is 43.5 Å². The molecule has 0 spiro atoms. The summed E-state index contributed by atoms with van der Waals surface area (Å²) in [7, 11) is 0. The van der Waals surface area contributed by atoms with Gasteiger partial charge in [0.05, 0.1) is 0 Å². The van der Waals surface area contributed by atoms with Crippen molar-refractivity contribution >= 4 is 22.3 Å². The Morgan fingerprint density at radius 3 is 2.57 bits per heavy atom. The summed E-state index contributed by atoms with van der Waals surface area (Å²) in [6, 6.07) is 1.06. The van der Waals surface area contributed by atoms with E-state index >= 15 is 0 Å². The minimum Gasteiger partial charge on any atom is -0.367 e. The van der Waals surface area contributed by atoms with Crippen LogP contribution in [0.3, 0.4) is 0 Å². The van der Waals surface area contributed by atoms with Gasteiger partial charge in [-0.2, -0.15) is 13.2 Å². The topological polar surface area (TPSA) is 53.9 Å². The lowest BCUT2D eigenvalue weighted by Gasteiger charge is -2.32. The van der Waals surface area contributed by atoms with Crippen LogP contribution in [0.1, 0.15) is 23.4 Å². The predicted molar refractivity (Wildman–Crippen MR) is 82.7 cm³/mol. The number of thiazole rings is 1. The minimum absolute atomic E-state index is 0.100. The molecule has 124 valence electrons. The Balaban J connectivity index is 1.59. The maximum atomic E-state index is 12.7. The van der Waals surface area contributed by atoms with E-state index in [2.05, 4.69) is 25.2 Å². The first-order chi connectivity index (χ1) is 10.9. The number of piperidine rings is 1. The van der Waals surface area contributed by atoms with E-state index in [-0.39, 0.29) is 11.9 Å². The standard InChI is InChI=1S/C14H16F3N5S/c1-9-7-18-13(23-9)22-4-2-10(3-5-22)21-12-6-11(14(15,16)17)19-8-20-12/h6-8,10H,2-5H2,1H3,(H,19,20,21). The molecule has 1 aliphatic rings. The second-order valence-corrected chi connectivity index (χ2v) is 6.66. The van der Waals surface area contributed by atoms with Gasteiger partial charge in [-0.3, -0.25) is 0 Å². The maximum absolute atomic E-state index is 12.7. The molecule has 3 rings (SSSR count). The molecule has 0 aromatic carbocycles. The van der Waals surface area contributed by atoms with Crippen molar-refractivity contribution in [1.29, 1.82) is 0 Å². The van der Waals surface area contributed by atoms with E-state index in [0.29, 0.717) is 0 Å². The number of aromatic nitrogens is 3. The van der Waals surface area contributed by atoms with Gasteiger partial charge in [0, 0.05) is 36.3 Å². The summed E-state index contributed by atoms with van der Waals surface area (Å²) in [4.78, 5) is 14.9. The number of nitrogens with zero attached hydrogens (tertiary/aromatic N) is 4. The third-order valence-corrected chi connectivity index (χ3v) is 4.66. The van der Waals surface area contributed by atoms with Gasteiger partial charge in [-0.15, -0.1) is 11.3 Å². The van der Waals surface area contributed by atoms with E-state index in [1.165, 1.54) is 4.88 Å². The van der Waals surface area contributed by atoms with Crippen LogP contribution in [0.5, 0.6) is 0 Å². The van der Waals surface area contributed by atoms with Crippen molar-refractivity contribution in [2.24, 2.45) is 0 Å². The van der Waals surface area contributed by atoms with E-state index in [1.807, 2.05) is 13.1 Å². The highest BCUT2D eigenvalue weighted by Gasteiger charge is 2.33. The number of hydrogen-bond donors (Lipinski definition) is 1. The average Bonchev–Trinajstić information content (AvgIpc) is 2.94. The van der Waals surface area contributed by atoms with Gasteiger partial charge in [-0.1, -0.05) is 0 Å². The van der Waals surface area contributed by atoms with Crippen LogP contribution in [0.2, 0.25) is 0 Å². The van der Waals surface area contributed by atoms with E-state index in [1.54, 1.807) is 11.3 Å². The molecule has 0 amide bonds. The van der Waals surface area contributed by atoms with Crippen molar-refractivity contribution in [3.05, 3.63) is 29.2 Å². The second kappa shape index (κ2) is 6.31. The predicted octanol–water partition coefficient (Wildman–Crippen LogP) is 3.34. The fourth-order valence-corrected chi connectivity index (χ4v) is 3.32. The zero-order chi connectivity index (χ0) is 16.4. The summed E-state index contributed by atoms with van der Waals surface area (Å²) in [6.07, 6.45) is -0.0120. The van der Waals surface area contributed by atoms with Crippen LogP contribution in [0.15, 0.2) is 18.6 Å². The van der Waals surface area contributed by atoms with Gasteiger partial charge in [0.25, 0.3) is 0 Å². The number of alkyl halides is 3. The second-order valence-electron chi connectivity index (χ2n) is 5.45. The van der Waals surface area contributed by atoms with Gasteiger partial charge < -0.3 is 10.2 Å². The largest absolute Gasteiger partial charge is 0.433 e. The molecule has 0 radical (unpaired) electrons. The normalized spacial score (nSPS) is 16.6. The van der Waals surface area contributed by atoms with Crippen LogP contribution in [0.4, 0.5) is 24.1 Å². The Hall–Kier alpha value is -1.90.